The minimum atomic E-state index is -1.06. The van der Waals surface area contributed by atoms with Crippen molar-refractivity contribution < 1.29 is 10.2 Å². The summed E-state index contributed by atoms with van der Waals surface area (Å²) < 4.78 is 0. The Kier molecular flexibility index (Phi) is 6.26. The van der Waals surface area contributed by atoms with Crippen LogP contribution in [0.2, 0.25) is 0 Å². The van der Waals surface area contributed by atoms with Crippen molar-refractivity contribution in [1.29, 1.82) is 0 Å². The van der Waals surface area contributed by atoms with Gasteiger partial charge in [0.2, 0.25) is 0 Å². The summed E-state index contributed by atoms with van der Waals surface area (Å²) >= 11 is 1.64. The molecule has 3 fully saturated rings. The lowest BCUT2D eigenvalue weighted by Gasteiger charge is -2.54. The number of hydrogen-bond acceptors (Lipinski definition) is 5. The van der Waals surface area contributed by atoms with Crippen LogP contribution in [0.25, 0.3) is 0 Å². The molecule has 2 aromatic rings. The molecule has 3 aliphatic heterocycles. The van der Waals surface area contributed by atoms with Crippen LogP contribution in [0.15, 0.2) is 47.5 Å². The molecule has 3 aliphatic rings. The van der Waals surface area contributed by atoms with E-state index in [-0.39, 0.29) is 18.6 Å². The lowest BCUT2D eigenvalue weighted by Crippen LogP contribution is -2.63. The third-order valence-electron chi connectivity index (χ3n) is 6.24. The Morgan fingerprint density at radius 1 is 1.17 bits per heavy atom. The van der Waals surface area contributed by atoms with Crippen LogP contribution in [0.3, 0.4) is 0 Å². The van der Waals surface area contributed by atoms with Gasteiger partial charge in [0.1, 0.15) is 11.6 Å². The molecule has 2 atom stereocenters. The number of piperidine rings is 3. The predicted molar refractivity (Wildman–Crippen MR) is 117 cm³/mol. The third kappa shape index (κ3) is 3.95. The highest BCUT2D eigenvalue weighted by Gasteiger charge is 2.54. The zero-order valence-corrected chi connectivity index (χ0v) is 17.4. The second kappa shape index (κ2) is 8.89. The minimum Gasteiger partial charge on any atom is -0.396 e. The first kappa shape index (κ1) is 20.4. The van der Waals surface area contributed by atoms with E-state index in [4.69, 9.17) is 16.5 Å². The van der Waals surface area contributed by atoms with Gasteiger partial charge >= 0.3 is 0 Å². The summed E-state index contributed by atoms with van der Waals surface area (Å²) in [6.07, 6.45) is 9.25. The molecule has 1 aromatic heterocycles. The van der Waals surface area contributed by atoms with Crippen LogP contribution in [0.5, 0.6) is 0 Å². The third-order valence-corrected chi connectivity index (χ3v) is 7.25. The molecule has 2 unspecified atom stereocenters. The molecule has 152 valence electrons. The summed E-state index contributed by atoms with van der Waals surface area (Å²) in [7, 11) is 0. The van der Waals surface area contributed by atoms with E-state index in [2.05, 4.69) is 23.0 Å². The van der Waals surface area contributed by atoms with E-state index < -0.39 is 5.60 Å². The fourth-order valence-electron chi connectivity index (χ4n) is 4.79. The van der Waals surface area contributed by atoms with Crippen molar-refractivity contribution in [1.82, 2.24) is 9.88 Å². The smallest absolute Gasteiger partial charge is 0.121 e. The quantitative estimate of drug-likeness (QED) is 0.419. The Balaban J connectivity index is 1.74. The highest BCUT2D eigenvalue weighted by atomic mass is 32.2. The van der Waals surface area contributed by atoms with Crippen molar-refractivity contribution in [2.45, 2.75) is 42.4 Å². The molecule has 5 heteroatoms. The Bertz CT molecular complexity index is 874. The standard InChI is InChI=1S/C24H28N2O2S/c1-2-22-24(28,19-11-13-26(22)14-12-19)20-9-10-23(29-16-6-15-27)25-21(20)17-18-7-4-3-5-8-18/h1,3-5,7-10,19,22,27-28H,6,11-17H2. The van der Waals surface area contributed by atoms with E-state index in [0.29, 0.717) is 6.42 Å². The molecule has 0 aliphatic carbocycles. The van der Waals surface area contributed by atoms with Gasteiger partial charge in [0.25, 0.3) is 0 Å². The SMILES string of the molecule is C#CC1N2CCC(CC2)C1(O)c1ccc(SCCCO)nc1Cc1ccccc1. The van der Waals surface area contributed by atoms with Crippen LogP contribution >= 0.6 is 11.8 Å². The molecule has 3 saturated heterocycles. The number of aromatic nitrogens is 1. The number of aliphatic hydroxyl groups is 2. The molecule has 4 nitrogen and oxygen atoms in total. The van der Waals surface area contributed by atoms with Gasteiger partial charge in [-0.25, -0.2) is 4.98 Å². The number of thioether (sulfide) groups is 1. The summed E-state index contributed by atoms with van der Waals surface area (Å²) in [5.74, 6) is 3.87. The normalized spacial score (nSPS) is 28.2. The molecule has 4 heterocycles. The first-order chi connectivity index (χ1) is 14.2. The summed E-state index contributed by atoms with van der Waals surface area (Å²) in [6, 6.07) is 14.0. The lowest BCUT2D eigenvalue weighted by atomic mass is 9.66. The zero-order chi connectivity index (χ0) is 20.3. The molecule has 5 rings (SSSR count). The van der Waals surface area contributed by atoms with E-state index in [0.717, 1.165) is 54.4 Å². The van der Waals surface area contributed by atoms with Crippen molar-refractivity contribution in [3.8, 4) is 12.3 Å². The summed E-state index contributed by atoms with van der Waals surface area (Å²) in [5.41, 5.74) is 1.89. The number of rotatable bonds is 7. The zero-order valence-electron chi connectivity index (χ0n) is 16.6. The Labute approximate surface area is 177 Å². The van der Waals surface area contributed by atoms with Crippen LogP contribution in [-0.4, -0.2) is 51.6 Å². The monoisotopic (exact) mass is 408 g/mol. The summed E-state index contributed by atoms with van der Waals surface area (Å²) in [5, 5.41) is 22.0. The maximum Gasteiger partial charge on any atom is 0.121 e. The molecule has 0 radical (unpaired) electrons. The van der Waals surface area contributed by atoms with Crippen LogP contribution in [-0.2, 0) is 12.0 Å². The van der Waals surface area contributed by atoms with Gasteiger partial charge in [0, 0.05) is 24.3 Å². The Hall–Kier alpha value is -1.84. The number of terminal acetylenes is 1. The predicted octanol–water partition coefficient (Wildman–Crippen LogP) is 3.06. The topological polar surface area (TPSA) is 56.6 Å². The van der Waals surface area contributed by atoms with Gasteiger partial charge in [-0.1, -0.05) is 42.3 Å². The number of hydrogen-bond donors (Lipinski definition) is 2. The highest BCUT2D eigenvalue weighted by Crippen LogP contribution is 2.47. The number of benzene rings is 1. The Morgan fingerprint density at radius 3 is 2.62 bits per heavy atom. The van der Waals surface area contributed by atoms with Gasteiger partial charge in [-0.05, 0) is 49.9 Å². The van der Waals surface area contributed by atoms with Crippen LogP contribution in [0.1, 0.15) is 36.1 Å². The number of fused-ring (bicyclic) bond motifs is 3. The van der Waals surface area contributed by atoms with Gasteiger partial charge in [0.05, 0.1) is 10.7 Å². The maximum atomic E-state index is 12.0. The van der Waals surface area contributed by atoms with Gasteiger partial charge in [0.15, 0.2) is 0 Å². The first-order valence-electron chi connectivity index (χ1n) is 10.4. The second-order valence-electron chi connectivity index (χ2n) is 7.94. The maximum absolute atomic E-state index is 12.0. The second-order valence-corrected chi connectivity index (χ2v) is 9.05. The van der Waals surface area contributed by atoms with E-state index >= 15 is 0 Å². The van der Waals surface area contributed by atoms with Crippen molar-refractivity contribution in [3.63, 3.8) is 0 Å². The molecule has 2 bridgehead atoms. The van der Waals surface area contributed by atoms with Crippen LogP contribution in [0.4, 0.5) is 0 Å². The minimum absolute atomic E-state index is 0.165. The van der Waals surface area contributed by atoms with E-state index in [1.165, 1.54) is 5.56 Å². The van der Waals surface area contributed by atoms with E-state index in [1.54, 1.807) is 11.8 Å². The molecular weight excluding hydrogens is 380 g/mol. The van der Waals surface area contributed by atoms with Gasteiger partial charge in [-0.15, -0.1) is 18.2 Å². The average molecular weight is 409 g/mol. The fraction of sp³-hybridized carbons (Fsp3) is 0.458. The molecule has 0 spiro atoms. The molecule has 1 aromatic carbocycles. The average Bonchev–Trinajstić information content (AvgIpc) is 2.75. The van der Waals surface area contributed by atoms with Crippen molar-refractivity contribution in [2.75, 3.05) is 25.4 Å². The van der Waals surface area contributed by atoms with Crippen molar-refractivity contribution in [3.05, 3.63) is 59.3 Å². The van der Waals surface area contributed by atoms with Crippen LogP contribution in [0, 0.1) is 18.3 Å². The van der Waals surface area contributed by atoms with Gasteiger partial charge in [-0.3, -0.25) is 4.90 Å². The Morgan fingerprint density at radius 2 is 1.93 bits per heavy atom. The summed E-state index contributed by atoms with van der Waals surface area (Å²) in [4.78, 5) is 7.19. The fourth-order valence-corrected chi connectivity index (χ4v) is 5.61. The molecule has 2 N–H and O–H groups in total. The van der Waals surface area contributed by atoms with Gasteiger partial charge < -0.3 is 10.2 Å². The van der Waals surface area contributed by atoms with Crippen LogP contribution < -0.4 is 0 Å². The van der Waals surface area contributed by atoms with Gasteiger partial charge in [-0.2, -0.15) is 0 Å². The van der Waals surface area contributed by atoms with E-state index in [1.807, 2.05) is 30.3 Å². The molecular formula is C24H28N2O2S. The lowest BCUT2D eigenvalue weighted by molar-refractivity contribution is -0.143. The molecule has 0 saturated carbocycles. The number of nitrogens with zero attached hydrogens (tertiary/aromatic N) is 2. The van der Waals surface area contributed by atoms with E-state index in [9.17, 15) is 5.11 Å². The largest absolute Gasteiger partial charge is 0.396 e. The summed E-state index contributed by atoms with van der Waals surface area (Å²) in [6.45, 7) is 2.10. The first-order valence-corrected chi connectivity index (χ1v) is 11.4. The molecule has 0 amide bonds. The van der Waals surface area contributed by atoms with Crippen molar-refractivity contribution >= 4 is 11.8 Å². The molecule has 29 heavy (non-hydrogen) atoms. The number of pyridine rings is 1. The highest BCUT2D eigenvalue weighted by molar-refractivity contribution is 7.99. The number of aliphatic hydroxyl groups excluding tert-OH is 1. The van der Waals surface area contributed by atoms with Crippen molar-refractivity contribution in [2.24, 2.45) is 5.92 Å².